The van der Waals surface area contributed by atoms with Gasteiger partial charge in [0.1, 0.15) is 24.1 Å². The molecule has 0 saturated heterocycles. The number of nitrogens with zero attached hydrogens (tertiary/aromatic N) is 8. The average molecular weight is 367 g/mol. The van der Waals surface area contributed by atoms with Gasteiger partial charge in [0.2, 0.25) is 5.95 Å². The molecule has 4 heterocycles. The summed E-state index contributed by atoms with van der Waals surface area (Å²) in [6, 6.07) is 5.36. The number of aromatic nitrogens is 8. The Morgan fingerprint density at radius 3 is 2.81 bits per heavy atom. The zero-order valence-corrected chi connectivity index (χ0v) is 14.9. The summed E-state index contributed by atoms with van der Waals surface area (Å²) in [5.41, 5.74) is 1.86. The van der Waals surface area contributed by atoms with E-state index in [1.807, 2.05) is 13.1 Å². The van der Waals surface area contributed by atoms with Gasteiger partial charge < -0.3 is 5.32 Å². The Hall–Kier alpha value is -3.43. The molecule has 0 unspecified atom stereocenters. The average Bonchev–Trinajstić information content (AvgIpc) is 3.28. The van der Waals surface area contributed by atoms with Crippen LogP contribution in [0.2, 0.25) is 0 Å². The van der Waals surface area contributed by atoms with Crippen LogP contribution in [0.25, 0.3) is 17.0 Å². The van der Waals surface area contributed by atoms with E-state index in [1.165, 1.54) is 0 Å². The number of hydrogen-bond donors (Lipinski definition) is 1. The van der Waals surface area contributed by atoms with Gasteiger partial charge in [0.15, 0.2) is 5.65 Å². The van der Waals surface area contributed by atoms with Crippen molar-refractivity contribution in [2.45, 2.75) is 25.9 Å². The minimum absolute atomic E-state index is 0.213. The summed E-state index contributed by atoms with van der Waals surface area (Å²) in [7, 11) is 1.82. The first-order valence-electron chi connectivity index (χ1n) is 8.56. The first-order chi connectivity index (χ1) is 13.1. The van der Waals surface area contributed by atoms with Gasteiger partial charge in [0.05, 0.1) is 17.6 Å². The minimum atomic E-state index is -0.945. The Bertz CT molecular complexity index is 1070. The summed E-state index contributed by atoms with van der Waals surface area (Å²) >= 11 is 0. The van der Waals surface area contributed by atoms with Gasteiger partial charge in [-0.2, -0.15) is 5.10 Å². The van der Waals surface area contributed by atoms with Crippen LogP contribution in [0.1, 0.15) is 19.2 Å². The number of anilines is 2. The number of alkyl halides is 1. The number of nitrogens with one attached hydrogen (secondary N) is 1. The molecule has 0 spiro atoms. The Labute approximate surface area is 154 Å². The number of rotatable bonds is 6. The third-order valence-electron chi connectivity index (χ3n) is 4.20. The van der Waals surface area contributed by atoms with Gasteiger partial charge >= 0.3 is 0 Å². The van der Waals surface area contributed by atoms with E-state index in [4.69, 9.17) is 0 Å². The second-order valence-corrected chi connectivity index (χ2v) is 6.06. The zero-order valence-electron chi connectivity index (χ0n) is 14.9. The van der Waals surface area contributed by atoms with E-state index in [2.05, 4.69) is 35.6 Å². The van der Waals surface area contributed by atoms with E-state index in [9.17, 15) is 4.39 Å². The van der Waals surface area contributed by atoms with Crippen LogP contribution in [0.15, 0.2) is 36.9 Å². The lowest BCUT2D eigenvalue weighted by Crippen LogP contribution is -2.07. The van der Waals surface area contributed by atoms with E-state index in [1.54, 1.807) is 46.9 Å². The zero-order chi connectivity index (χ0) is 18.8. The van der Waals surface area contributed by atoms with Crippen LogP contribution in [0.5, 0.6) is 0 Å². The van der Waals surface area contributed by atoms with Crippen LogP contribution >= 0.6 is 0 Å². The predicted molar refractivity (Wildman–Crippen MR) is 97.2 cm³/mol. The van der Waals surface area contributed by atoms with E-state index in [0.29, 0.717) is 35.2 Å². The Kier molecular flexibility index (Phi) is 4.45. The standard InChI is InChI=1S/C17H18FN9/c1-3-11(18)8-15-24-25-16-9-13(20-10-27(15)16)12-4-6-19-17(22-12)23-14-5-7-21-26(14)2/h4-7,9-11H,3,8H2,1-2H3,(H,19,22,23)/t11-/m1/s1. The van der Waals surface area contributed by atoms with Crippen LogP contribution in [0, 0.1) is 0 Å². The van der Waals surface area contributed by atoms with Crippen LogP contribution < -0.4 is 5.32 Å². The summed E-state index contributed by atoms with van der Waals surface area (Å²) in [6.45, 7) is 1.80. The molecule has 138 valence electrons. The molecule has 0 aliphatic rings. The SMILES string of the molecule is CC[C@@H](F)Cc1nnc2cc(-c3ccnc(Nc4ccnn4C)n3)ncn12. The topological polar surface area (TPSA) is 98.7 Å². The molecule has 0 saturated carbocycles. The number of fused-ring (bicyclic) bond motifs is 1. The molecule has 0 aliphatic carbocycles. The van der Waals surface area contributed by atoms with Gasteiger partial charge in [-0.05, 0) is 12.5 Å². The molecule has 4 aromatic rings. The maximum Gasteiger partial charge on any atom is 0.228 e. The van der Waals surface area contributed by atoms with E-state index < -0.39 is 6.17 Å². The van der Waals surface area contributed by atoms with Crippen molar-refractivity contribution in [2.24, 2.45) is 7.05 Å². The molecular weight excluding hydrogens is 349 g/mol. The second-order valence-electron chi connectivity index (χ2n) is 6.06. The fourth-order valence-electron chi connectivity index (χ4n) is 2.64. The number of aryl methyl sites for hydroxylation is 1. The molecule has 0 amide bonds. The lowest BCUT2D eigenvalue weighted by molar-refractivity contribution is 0.317. The van der Waals surface area contributed by atoms with Crippen LogP contribution in [-0.2, 0) is 13.5 Å². The van der Waals surface area contributed by atoms with Crippen molar-refractivity contribution < 1.29 is 4.39 Å². The maximum atomic E-state index is 13.7. The number of hydrogen-bond acceptors (Lipinski definition) is 7. The van der Waals surface area contributed by atoms with Crippen molar-refractivity contribution in [2.75, 3.05) is 5.32 Å². The fraction of sp³-hybridized carbons (Fsp3) is 0.294. The van der Waals surface area contributed by atoms with Gasteiger partial charge in [-0.3, -0.25) is 9.08 Å². The van der Waals surface area contributed by atoms with Crippen molar-refractivity contribution in [3.05, 3.63) is 42.7 Å². The molecule has 4 aromatic heterocycles. The Balaban J connectivity index is 1.62. The molecule has 1 N–H and O–H groups in total. The minimum Gasteiger partial charge on any atom is -0.309 e. The molecular formula is C17H18FN9. The van der Waals surface area contributed by atoms with Gasteiger partial charge in [0.25, 0.3) is 0 Å². The molecule has 0 radical (unpaired) electrons. The third-order valence-corrected chi connectivity index (χ3v) is 4.20. The van der Waals surface area contributed by atoms with Gasteiger partial charge in [-0.25, -0.2) is 19.3 Å². The summed E-state index contributed by atoms with van der Waals surface area (Å²) in [4.78, 5) is 13.1. The lowest BCUT2D eigenvalue weighted by atomic mass is 10.2. The molecule has 0 aliphatic heterocycles. The van der Waals surface area contributed by atoms with Crippen LogP contribution in [0.3, 0.4) is 0 Å². The second kappa shape index (κ2) is 7.06. The van der Waals surface area contributed by atoms with Crippen molar-refractivity contribution in [1.29, 1.82) is 0 Å². The molecule has 0 fully saturated rings. The molecule has 4 rings (SSSR count). The van der Waals surface area contributed by atoms with Gasteiger partial charge in [-0.1, -0.05) is 6.92 Å². The summed E-state index contributed by atoms with van der Waals surface area (Å²) in [5, 5.41) is 15.4. The molecule has 0 aromatic carbocycles. The molecule has 0 bridgehead atoms. The molecule has 1 atom stereocenters. The maximum absolute atomic E-state index is 13.7. The Morgan fingerprint density at radius 1 is 1.15 bits per heavy atom. The van der Waals surface area contributed by atoms with E-state index in [0.717, 1.165) is 5.82 Å². The largest absolute Gasteiger partial charge is 0.309 e. The highest BCUT2D eigenvalue weighted by Crippen LogP contribution is 2.19. The van der Waals surface area contributed by atoms with Crippen molar-refractivity contribution >= 4 is 17.4 Å². The van der Waals surface area contributed by atoms with Crippen molar-refractivity contribution in [3.8, 4) is 11.4 Å². The van der Waals surface area contributed by atoms with Crippen molar-refractivity contribution in [1.82, 2.24) is 39.3 Å². The fourth-order valence-corrected chi connectivity index (χ4v) is 2.64. The highest BCUT2D eigenvalue weighted by atomic mass is 19.1. The van der Waals surface area contributed by atoms with Crippen molar-refractivity contribution in [3.63, 3.8) is 0 Å². The summed E-state index contributed by atoms with van der Waals surface area (Å²) in [6.07, 6.45) is 4.64. The Morgan fingerprint density at radius 2 is 2.04 bits per heavy atom. The third kappa shape index (κ3) is 3.46. The van der Waals surface area contributed by atoms with Gasteiger partial charge in [0, 0.05) is 31.8 Å². The molecule has 9 nitrogen and oxygen atoms in total. The monoisotopic (exact) mass is 367 g/mol. The first kappa shape index (κ1) is 17.0. The van der Waals surface area contributed by atoms with Crippen LogP contribution in [0.4, 0.5) is 16.2 Å². The lowest BCUT2D eigenvalue weighted by Gasteiger charge is -2.07. The normalized spacial score (nSPS) is 12.4. The van der Waals surface area contributed by atoms with E-state index >= 15 is 0 Å². The summed E-state index contributed by atoms with van der Waals surface area (Å²) < 4.78 is 17.0. The van der Waals surface area contributed by atoms with E-state index in [-0.39, 0.29) is 6.42 Å². The quantitative estimate of drug-likeness (QED) is 0.558. The molecule has 10 heteroatoms. The predicted octanol–water partition coefficient (Wildman–Crippen LogP) is 2.35. The number of halogens is 1. The summed E-state index contributed by atoms with van der Waals surface area (Å²) in [5.74, 6) is 1.76. The first-order valence-corrected chi connectivity index (χ1v) is 8.56. The smallest absolute Gasteiger partial charge is 0.228 e. The van der Waals surface area contributed by atoms with Crippen LogP contribution in [-0.4, -0.2) is 45.5 Å². The van der Waals surface area contributed by atoms with Gasteiger partial charge in [-0.15, -0.1) is 10.2 Å². The highest BCUT2D eigenvalue weighted by molar-refractivity contribution is 5.61. The highest BCUT2D eigenvalue weighted by Gasteiger charge is 2.13. The molecule has 27 heavy (non-hydrogen) atoms.